The highest BCUT2D eigenvalue weighted by Gasteiger charge is 2.22. The van der Waals surface area contributed by atoms with Crippen molar-refractivity contribution in [2.45, 2.75) is 32.8 Å². The van der Waals surface area contributed by atoms with Crippen LogP contribution in [0.5, 0.6) is 5.75 Å². The van der Waals surface area contributed by atoms with Crippen molar-refractivity contribution in [1.29, 1.82) is 0 Å². The molecule has 0 bridgehead atoms. The fraction of sp³-hybridized carbons (Fsp3) is 0.529. The number of nitrogens with zero attached hydrogens (tertiary/aromatic N) is 1. The molecule has 1 N–H and O–H groups in total. The van der Waals surface area contributed by atoms with Crippen molar-refractivity contribution in [2.75, 3.05) is 26.2 Å². The number of amides is 2. The summed E-state index contributed by atoms with van der Waals surface area (Å²) in [5.74, 6) is 0.596. The Kier molecular flexibility index (Phi) is 6.10. The van der Waals surface area contributed by atoms with Crippen LogP contribution in [-0.4, -0.2) is 48.7 Å². The molecule has 0 spiro atoms. The minimum atomic E-state index is -0.526. The molecule has 1 aliphatic heterocycles. The fourth-order valence-corrected chi connectivity index (χ4v) is 2.58. The van der Waals surface area contributed by atoms with Gasteiger partial charge in [-0.05, 0) is 45.4 Å². The van der Waals surface area contributed by atoms with Crippen molar-refractivity contribution in [2.24, 2.45) is 0 Å². The predicted molar refractivity (Wildman–Crippen MR) is 94.4 cm³/mol. The molecule has 2 amide bonds. The number of nitrogens with one attached hydrogen (secondary N) is 1. The number of ether oxygens (including phenoxy) is 2. The molecule has 0 saturated carbocycles. The van der Waals surface area contributed by atoms with Crippen LogP contribution < -0.4 is 10.1 Å². The van der Waals surface area contributed by atoms with E-state index in [-0.39, 0.29) is 12.5 Å². The predicted octanol–water partition coefficient (Wildman–Crippen LogP) is 3.20. The molecule has 1 aliphatic rings. The van der Waals surface area contributed by atoms with Crippen LogP contribution in [0.25, 0.3) is 0 Å². The molecule has 132 valence electrons. The van der Waals surface area contributed by atoms with Gasteiger partial charge in [0.1, 0.15) is 18.0 Å². The zero-order valence-corrected chi connectivity index (χ0v) is 15.8. The molecule has 2 rings (SSSR count). The van der Waals surface area contributed by atoms with Crippen LogP contribution in [-0.2, 0) is 4.74 Å². The average Bonchev–Trinajstić information content (AvgIpc) is 2.39. The quantitative estimate of drug-likeness (QED) is 0.773. The maximum absolute atomic E-state index is 12.3. The molecular weight excluding hydrogens is 376 g/mol. The van der Waals surface area contributed by atoms with Crippen LogP contribution >= 0.6 is 15.9 Å². The van der Waals surface area contributed by atoms with E-state index in [0.29, 0.717) is 17.9 Å². The van der Waals surface area contributed by atoms with Crippen LogP contribution in [0.1, 0.15) is 37.6 Å². The third-order valence-corrected chi connectivity index (χ3v) is 3.76. The minimum Gasteiger partial charge on any atom is -0.492 e. The third kappa shape index (κ3) is 5.70. The Morgan fingerprint density at radius 3 is 2.54 bits per heavy atom. The van der Waals surface area contributed by atoms with Crippen molar-refractivity contribution in [3.8, 4) is 5.75 Å². The van der Waals surface area contributed by atoms with E-state index >= 15 is 0 Å². The highest BCUT2D eigenvalue weighted by molar-refractivity contribution is 9.10. The van der Waals surface area contributed by atoms with E-state index in [4.69, 9.17) is 9.47 Å². The van der Waals surface area contributed by atoms with Gasteiger partial charge in [-0.3, -0.25) is 4.79 Å². The summed E-state index contributed by atoms with van der Waals surface area (Å²) in [6.45, 7) is 7.64. The first kappa shape index (κ1) is 18.6. The number of rotatable bonds is 5. The minimum absolute atomic E-state index is 0.0132. The lowest BCUT2D eigenvalue weighted by Crippen LogP contribution is -2.42. The number of likely N-dealkylation sites (tertiary alicyclic amines) is 1. The Labute approximate surface area is 150 Å². The van der Waals surface area contributed by atoms with E-state index in [2.05, 4.69) is 21.2 Å². The van der Waals surface area contributed by atoms with Gasteiger partial charge in [0, 0.05) is 23.1 Å². The fourth-order valence-electron chi connectivity index (χ4n) is 2.11. The van der Waals surface area contributed by atoms with Crippen LogP contribution in [0, 0.1) is 0 Å². The van der Waals surface area contributed by atoms with E-state index in [9.17, 15) is 9.59 Å². The monoisotopic (exact) mass is 398 g/mol. The second kappa shape index (κ2) is 7.88. The van der Waals surface area contributed by atoms with Crippen molar-refractivity contribution >= 4 is 27.9 Å². The van der Waals surface area contributed by atoms with Gasteiger partial charge in [0.05, 0.1) is 6.54 Å². The van der Waals surface area contributed by atoms with Gasteiger partial charge in [0.2, 0.25) is 0 Å². The highest BCUT2D eigenvalue weighted by atomic mass is 79.9. The molecule has 0 aromatic heterocycles. The first-order valence-corrected chi connectivity index (χ1v) is 8.73. The molecule has 7 heteroatoms. The van der Waals surface area contributed by atoms with Crippen LogP contribution in [0.15, 0.2) is 22.7 Å². The highest BCUT2D eigenvalue weighted by Crippen LogP contribution is 2.23. The number of benzene rings is 1. The van der Waals surface area contributed by atoms with E-state index in [0.717, 1.165) is 24.0 Å². The number of carbonyl (C=O) groups excluding carboxylic acids is 2. The summed E-state index contributed by atoms with van der Waals surface area (Å²) in [6, 6.07) is 5.30. The molecular formula is C17H23BrN2O4. The van der Waals surface area contributed by atoms with E-state index in [1.807, 2.05) is 0 Å². The first-order valence-electron chi connectivity index (χ1n) is 7.94. The number of hydrogen-bond acceptors (Lipinski definition) is 4. The molecule has 1 aromatic carbocycles. The Hall–Kier alpha value is -1.76. The molecule has 24 heavy (non-hydrogen) atoms. The van der Waals surface area contributed by atoms with Gasteiger partial charge < -0.3 is 19.7 Å². The summed E-state index contributed by atoms with van der Waals surface area (Å²) in [4.78, 5) is 25.6. The Bertz CT molecular complexity index is 609. The average molecular weight is 399 g/mol. The molecule has 1 aromatic rings. The van der Waals surface area contributed by atoms with Crippen molar-refractivity contribution in [1.82, 2.24) is 10.2 Å². The summed E-state index contributed by atoms with van der Waals surface area (Å²) in [5, 5.41) is 2.62. The van der Waals surface area contributed by atoms with E-state index < -0.39 is 11.7 Å². The molecule has 1 saturated heterocycles. The lowest BCUT2D eigenvalue weighted by molar-refractivity contribution is 0.0520. The van der Waals surface area contributed by atoms with E-state index in [1.165, 1.54) is 0 Å². The molecule has 1 heterocycles. The number of hydrogen-bond donors (Lipinski definition) is 1. The second-order valence-corrected chi connectivity index (χ2v) is 7.51. The number of halogens is 1. The third-order valence-electron chi connectivity index (χ3n) is 3.30. The summed E-state index contributed by atoms with van der Waals surface area (Å²) >= 11 is 3.40. The molecule has 0 radical (unpaired) electrons. The summed E-state index contributed by atoms with van der Waals surface area (Å²) in [7, 11) is 0. The van der Waals surface area contributed by atoms with E-state index in [1.54, 1.807) is 43.9 Å². The molecule has 6 nitrogen and oxygen atoms in total. The zero-order valence-electron chi connectivity index (χ0n) is 14.2. The second-order valence-electron chi connectivity index (χ2n) is 6.60. The Morgan fingerprint density at radius 2 is 1.96 bits per heavy atom. The SMILES string of the molecule is CC(C)(C)OC(=O)NCCOc1cc(Br)cc(C(=O)N2CCC2)c1. The summed E-state index contributed by atoms with van der Waals surface area (Å²) < 4.78 is 11.5. The van der Waals surface area contributed by atoms with Crippen LogP contribution in [0.3, 0.4) is 0 Å². The lowest BCUT2D eigenvalue weighted by atomic mass is 10.1. The van der Waals surface area contributed by atoms with Gasteiger partial charge in [-0.15, -0.1) is 0 Å². The largest absolute Gasteiger partial charge is 0.492 e. The Morgan fingerprint density at radius 1 is 1.25 bits per heavy atom. The van der Waals surface area contributed by atoms with Gasteiger partial charge in [0.15, 0.2) is 0 Å². The lowest BCUT2D eigenvalue weighted by Gasteiger charge is -2.31. The molecule has 0 atom stereocenters. The molecule has 0 aliphatic carbocycles. The van der Waals surface area contributed by atoms with Crippen molar-refractivity contribution in [3.05, 3.63) is 28.2 Å². The van der Waals surface area contributed by atoms with Crippen molar-refractivity contribution in [3.63, 3.8) is 0 Å². The van der Waals surface area contributed by atoms with Gasteiger partial charge >= 0.3 is 6.09 Å². The number of alkyl carbamates (subject to hydrolysis) is 1. The van der Waals surface area contributed by atoms with Gasteiger partial charge in [0.25, 0.3) is 5.91 Å². The molecule has 0 unspecified atom stereocenters. The topological polar surface area (TPSA) is 67.9 Å². The maximum atomic E-state index is 12.3. The van der Waals surface area contributed by atoms with Gasteiger partial charge in [-0.1, -0.05) is 15.9 Å². The van der Waals surface area contributed by atoms with Gasteiger partial charge in [-0.2, -0.15) is 0 Å². The normalized spacial score (nSPS) is 13.9. The summed E-state index contributed by atoms with van der Waals surface area (Å²) in [5.41, 5.74) is 0.0700. The number of carbonyl (C=O) groups is 2. The standard InChI is InChI=1S/C17H23BrN2O4/c1-17(2,3)24-16(22)19-5-8-23-14-10-12(9-13(18)11-14)15(21)20-6-4-7-20/h9-11H,4-8H2,1-3H3,(H,19,22). The van der Waals surface area contributed by atoms with Crippen molar-refractivity contribution < 1.29 is 19.1 Å². The van der Waals surface area contributed by atoms with Crippen LogP contribution in [0.2, 0.25) is 0 Å². The zero-order chi connectivity index (χ0) is 17.7. The van der Waals surface area contributed by atoms with Gasteiger partial charge in [-0.25, -0.2) is 4.79 Å². The molecule has 1 fully saturated rings. The summed E-state index contributed by atoms with van der Waals surface area (Å²) in [6.07, 6.45) is 0.577. The first-order chi connectivity index (χ1) is 11.2. The van der Waals surface area contributed by atoms with Crippen LogP contribution in [0.4, 0.5) is 4.79 Å². The Balaban J connectivity index is 1.83. The maximum Gasteiger partial charge on any atom is 0.407 e. The smallest absolute Gasteiger partial charge is 0.407 e.